The predicted molar refractivity (Wildman–Crippen MR) is 375 cm³/mol. The Hall–Kier alpha value is -1.14. The molecule has 0 bridgehead atoms. The number of hydrogen-bond acceptors (Lipinski definition) is 5. The van der Waals surface area contributed by atoms with Gasteiger partial charge in [0.25, 0.3) is 0 Å². The van der Waals surface area contributed by atoms with E-state index in [-0.39, 0.29) is 18.5 Å². The number of carbonyl (C=O) groups excluding carboxylic acids is 2. The van der Waals surface area contributed by atoms with Crippen molar-refractivity contribution in [1.29, 1.82) is 0 Å². The Bertz CT molecular complexity index is 1240. The summed E-state index contributed by atoms with van der Waals surface area (Å²) in [5.41, 5.74) is 0. The van der Waals surface area contributed by atoms with E-state index in [2.05, 4.69) is 19.2 Å². The molecule has 6 heteroatoms. The molecule has 0 aliphatic carbocycles. The SMILES string of the molecule is CCCCCCCCCCCCCCCCCCCCCCCCCCCC(O)C(CO)NC(=O)CCCCCCCCCCCCCCCCCCCCCCCCCCCOC(=O)CCCCCCCCCCCCCCCCCCCC. The van der Waals surface area contributed by atoms with E-state index in [0.717, 1.165) is 38.5 Å². The lowest BCUT2D eigenvalue weighted by Crippen LogP contribution is -2.45. The van der Waals surface area contributed by atoms with Crippen LogP contribution in [0.4, 0.5) is 0 Å². The quantitative estimate of drug-likeness (QED) is 0.0417. The summed E-state index contributed by atoms with van der Waals surface area (Å²) in [5, 5.41) is 23.5. The highest BCUT2D eigenvalue weighted by Crippen LogP contribution is 2.21. The van der Waals surface area contributed by atoms with Crippen LogP contribution in [0.2, 0.25) is 0 Å². The van der Waals surface area contributed by atoms with Gasteiger partial charge in [0, 0.05) is 12.8 Å². The molecule has 0 aliphatic heterocycles. The first-order valence-corrected chi connectivity index (χ1v) is 39.8. The maximum absolute atomic E-state index is 12.6. The number of aliphatic hydroxyl groups is 2. The Labute approximate surface area is 534 Å². The molecule has 0 heterocycles. The van der Waals surface area contributed by atoms with Crippen molar-refractivity contribution in [3.8, 4) is 0 Å². The third kappa shape index (κ3) is 71.8. The van der Waals surface area contributed by atoms with Crippen LogP contribution in [-0.2, 0) is 14.3 Å². The second-order valence-electron chi connectivity index (χ2n) is 27.8. The molecular formula is C79H157NO5. The molecule has 0 aliphatic rings. The summed E-state index contributed by atoms with van der Waals surface area (Å²) in [5.74, 6) is -0.00370. The first kappa shape index (κ1) is 83.9. The lowest BCUT2D eigenvalue weighted by atomic mass is 10.0. The van der Waals surface area contributed by atoms with Gasteiger partial charge in [0.2, 0.25) is 5.91 Å². The molecule has 0 aromatic heterocycles. The second kappa shape index (κ2) is 75.3. The number of esters is 1. The summed E-state index contributed by atoms with van der Waals surface area (Å²) in [4.78, 5) is 24.7. The number of aliphatic hydroxyl groups excluding tert-OH is 2. The maximum Gasteiger partial charge on any atom is 0.305 e. The van der Waals surface area contributed by atoms with Crippen molar-refractivity contribution in [2.45, 2.75) is 482 Å². The number of unbranched alkanes of at least 4 members (excludes halogenated alkanes) is 65. The molecule has 0 saturated carbocycles. The fourth-order valence-electron chi connectivity index (χ4n) is 13.1. The molecule has 0 radical (unpaired) electrons. The molecule has 0 fully saturated rings. The lowest BCUT2D eigenvalue weighted by molar-refractivity contribution is -0.143. The number of amides is 1. The largest absolute Gasteiger partial charge is 0.466 e. The molecule has 508 valence electrons. The molecule has 0 aromatic carbocycles. The second-order valence-corrected chi connectivity index (χ2v) is 27.8. The number of hydrogen-bond donors (Lipinski definition) is 3. The Kier molecular flexibility index (Phi) is 74.3. The number of nitrogens with one attached hydrogen (secondary N) is 1. The third-order valence-electron chi connectivity index (χ3n) is 19.2. The normalized spacial score (nSPS) is 12.4. The molecule has 0 aromatic rings. The van der Waals surface area contributed by atoms with Crippen LogP contribution in [0.5, 0.6) is 0 Å². The highest BCUT2D eigenvalue weighted by molar-refractivity contribution is 5.76. The lowest BCUT2D eigenvalue weighted by Gasteiger charge is -2.22. The summed E-state index contributed by atoms with van der Waals surface area (Å²) >= 11 is 0. The minimum absolute atomic E-state index is 0.0227. The number of rotatable bonds is 76. The van der Waals surface area contributed by atoms with E-state index in [0.29, 0.717) is 25.9 Å². The van der Waals surface area contributed by atoms with Gasteiger partial charge < -0.3 is 20.3 Å². The average Bonchev–Trinajstić information content (AvgIpc) is 3.51. The van der Waals surface area contributed by atoms with Gasteiger partial charge in [-0.3, -0.25) is 9.59 Å². The van der Waals surface area contributed by atoms with E-state index in [9.17, 15) is 19.8 Å². The monoisotopic (exact) mass is 1200 g/mol. The first-order chi connectivity index (χ1) is 42.0. The van der Waals surface area contributed by atoms with Crippen LogP contribution in [0.1, 0.15) is 470 Å². The summed E-state index contributed by atoms with van der Waals surface area (Å²) in [6, 6.07) is -0.541. The van der Waals surface area contributed by atoms with E-state index in [1.807, 2.05) is 0 Å². The molecular weight excluding hydrogens is 1040 g/mol. The van der Waals surface area contributed by atoms with Crippen molar-refractivity contribution in [1.82, 2.24) is 5.32 Å². The first-order valence-electron chi connectivity index (χ1n) is 39.8. The fraction of sp³-hybridized carbons (Fsp3) is 0.975. The summed E-state index contributed by atoms with van der Waals surface area (Å²) in [6.45, 7) is 5.02. The summed E-state index contributed by atoms with van der Waals surface area (Å²) in [6.07, 6.45) is 93.3. The number of ether oxygens (including phenoxy) is 1. The molecule has 6 nitrogen and oxygen atoms in total. The van der Waals surface area contributed by atoms with Crippen LogP contribution < -0.4 is 5.32 Å². The Balaban J connectivity index is 3.34. The molecule has 85 heavy (non-hydrogen) atoms. The Morgan fingerprint density at radius 1 is 0.282 bits per heavy atom. The summed E-state index contributed by atoms with van der Waals surface area (Å²) in [7, 11) is 0. The van der Waals surface area contributed by atoms with E-state index >= 15 is 0 Å². The van der Waals surface area contributed by atoms with Crippen molar-refractivity contribution in [2.75, 3.05) is 13.2 Å². The van der Waals surface area contributed by atoms with Crippen molar-refractivity contribution in [2.24, 2.45) is 0 Å². The molecule has 0 saturated heterocycles. The van der Waals surface area contributed by atoms with Crippen LogP contribution >= 0.6 is 0 Å². The third-order valence-corrected chi connectivity index (χ3v) is 19.2. The molecule has 0 spiro atoms. The van der Waals surface area contributed by atoms with Gasteiger partial charge in [0.1, 0.15) is 0 Å². The van der Waals surface area contributed by atoms with Gasteiger partial charge in [-0.2, -0.15) is 0 Å². The molecule has 1 amide bonds. The summed E-state index contributed by atoms with van der Waals surface area (Å²) < 4.78 is 5.52. The molecule has 2 atom stereocenters. The van der Waals surface area contributed by atoms with Gasteiger partial charge in [-0.1, -0.05) is 431 Å². The van der Waals surface area contributed by atoms with Gasteiger partial charge >= 0.3 is 5.97 Å². The standard InChI is InChI=1S/C79H157NO5/c1-3-5-7-9-11-13-15-17-19-21-23-24-25-27-30-33-36-39-43-47-51-55-59-63-67-71-77(82)76(75-81)80-78(83)72-68-64-60-56-52-48-44-40-37-34-31-28-26-29-32-35-38-42-46-50-54-58-62-66-70-74-85-79(84)73-69-65-61-57-53-49-45-41-22-20-18-16-14-12-10-8-6-4-2/h76-77,81-82H,3-75H2,1-2H3,(H,80,83). The van der Waals surface area contributed by atoms with E-state index in [1.165, 1.54) is 398 Å². The highest BCUT2D eigenvalue weighted by atomic mass is 16.5. The fourth-order valence-corrected chi connectivity index (χ4v) is 13.1. The van der Waals surface area contributed by atoms with Crippen molar-refractivity contribution in [3.05, 3.63) is 0 Å². The van der Waals surface area contributed by atoms with Gasteiger partial charge in [-0.15, -0.1) is 0 Å². The van der Waals surface area contributed by atoms with Crippen molar-refractivity contribution >= 4 is 11.9 Å². The Morgan fingerprint density at radius 2 is 0.482 bits per heavy atom. The maximum atomic E-state index is 12.6. The topological polar surface area (TPSA) is 95.9 Å². The van der Waals surface area contributed by atoms with Crippen molar-refractivity contribution < 1.29 is 24.5 Å². The molecule has 0 rings (SSSR count). The zero-order valence-electron chi connectivity index (χ0n) is 58.4. The Morgan fingerprint density at radius 3 is 0.718 bits per heavy atom. The van der Waals surface area contributed by atoms with Gasteiger partial charge in [0.15, 0.2) is 0 Å². The highest BCUT2D eigenvalue weighted by Gasteiger charge is 2.20. The minimum Gasteiger partial charge on any atom is -0.466 e. The molecule has 2 unspecified atom stereocenters. The predicted octanol–water partition coefficient (Wildman–Crippen LogP) is 26.1. The van der Waals surface area contributed by atoms with Crippen LogP contribution in [0.25, 0.3) is 0 Å². The molecule has 3 N–H and O–H groups in total. The van der Waals surface area contributed by atoms with Gasteiger partial charge in [-0.25, -0.2) is 0 Å². The average molecular weight is 1200 g/mol. The smallest absolute Gasteiger partial charge is 0.305 e. The zero-order valence-corrected chi connectivity index (χ0v) is 58.4. The van der Waals surface area contributed by atoms with Gasteiger partial charge in [-0.05, 0) is 25.7 Å². The van der Waals surface area contributed by atoms with Crippen LogP contribution in [0.3, 0.4) is 0 Å². The number of carbonyl (C=O) groups is 2. The minimum atomic E-state index is -0.664. The van der Waals surface area contributed by atoms with Gasteiger partial charge in [0.05, 0.1) is 25.4 Å². The van der Waals surface area contributed by atoms with Crippen LogP contribution in [0, 0.1) is 0 Å². The van der Waals surface area contributed by atoms with Crippen LogP contribution in [0.15, 0.2) is 0 Å². The van der Waals surface area contributed by atoms with Crippen LogP contribution in [-0.4, -0.2) is 47.4 Å². The van der Waals surface area contributed by atoms with Crippen molar-refractivity contribution in [3.63, 3.8) is 0 Å². The van der Waals surface area contributed by atoms with E-state index in [4.69, 9.17) is 4.74 Å². The van der Waals surface area contributed by atoms with E-state index in [1.54, 1.807) is 0 Å². The zero-order chi connectivity index (χ0) is 61.3. The van der Waals surface area contributed by atoms with E-state index < -0.39 is 12.1 Å².